The first kappa shape index (κ1) is 12.8. The normalized spacial score (nSPS) is 11.6. The van der Waals surface area contributed by atoms with E-state index in [1.54, 1.807) is 0 Å². The Morgan fingerprint density at radius 2 is 2.00 bits per heavy atom. The molecule has 0 radical (unpaired) electrons. The lowest BCUT2D eigenvalue weighted by Crippen LogP contribution is -2.04. The van der Waals surface area contributed by atoms with Crippen molar-refractivity contribution in [2.75, 3.05) is 13.2 Å². The van der Waals surface area contributed by atoms with Crippen LogP contribution in [0.2, 0.25) is 0 Å². The molecule has 0 amide bonds. The summed E-state index contributed by atoms with van der Waals surface area (Å²) in [7, 11) is 0. The van der Waals surface area contributed by atoms with Crippen LogP contribution in [0.15, 0.2) is 30.3 Å². The number of benzene rings is 1. The first-order valence-electron chi connectivity index (χ1n) is 5.94. The van der Waals surface area contributed by atoms with Crippen molar-refractivity contribution in [3.8, 4) is 11.8 Å². The lowest BCUT2D eigenvalue weighted by Gasteiger charge is -2.08. The molecule has 0 heterocycles. The Bertz CT molecular complexity index is 331. The molecule has 1 aromatic carbocycles. The maximum absolute atomic E-state index is 5.36. The van der Waals surface area contributed by atoms with Crippen LogP contribution in [0, 0.1) is 17.8 Å². The Hall–Kier alpha value is -1.26. The highest BCUT2D eigenvalue weighted by Crippen LogP contribution is 2.05. The van der Waals surface area contributed by atoms with Crippen molar-refractivity contribution in [3.05, 3.63) is 35.9 Å². The molecule has 1 nitrogen and oxygen atoms in total. The molecule has 1 heteroatoms. The molecule has 1 aromatic rings. The van der Waals surface area contributed by atoms with Crippen LogP contribution in [0.5, 0.6) is 0 Å². The van der Waals surface area contributed by atoms with Crippen molar-refractivity contribution in [1.82, 2.24) is 0 Å². The zero-order chi connectivity index (χ0) is 11.6. The zero-order valence-electron chi connectivity index (χ0n) is 10.2. The van der Waals surface area contributed by atoms with Gasteiger partial charge in [0, 0.05) is 25.2 Å². The third-order valence-electron chi connectivity index (χ3n) is 2.38. The van der Waals surface area contributed by atoms with Crippen molar-refractivity contribution in [3.63, 3.8) is 0 Å². The summed E-state index contributed by atoms with van der Waals surface area (Å²) in [6.07, 6.45) is 2.06. The predicted octanol–water partition coefficient (Wildman–Crippen LogP) is 3.49. The molecule has 0 aliphatic rings. The largest absolute Gasteiger partial charge is 0.381 e. The minimum absolute atomic E-state index is 0.602. The van der Waals surface area contributed by atoms with Crippen LogP contribution >= 0.6 is 0 Å². The molecule has 0 aliphatic heterocycles. The first-order chi connectivity index (χ1) is 7.83. The fourth-order valence-corrected chi connectivity index (χ4v) is 1.41. The van der Waals surface area contributed by atoms with E-state index in [0.717, 1.165) is 31.6 Å². The molecule has 1 unspecified atom stereocenters. The van der Waals surface area contributed by atoms with Crippen molar-refractivity contribution in [1.29, 1.82) is 0 Å². The highest BCUT2D eigenvalue weighted by atomic mass is 16.5. The van der Waals surface area contributed by atoms with Crippen LogP contribution in [0.4, 0.5) is 0 Å². The van der Waals surface area contributed by atoms with E-state index in [-0.39, 0.29) is 0 Å². The Morgan fingerprint density at radius 1 is 1.25 bits per heavy atom. The lowest BCUT2D eigenvalue weighted by molar-refractivity contribution is 0.114. The summed E-state index contributed by atoms with van der Waals surface area (Å²) in [6, 6.07) is 10.1. The van der Waals surface area contributed by atoms with E-state index in [1.807, 2.05) is 37.3 Å². The molecule has 0 fully saturated rings. The van der Waals surface area contributed by atoms with Gasteiger partial charge in [-0.25, -0.2) is 0 Å². The minimum atomic E-state index is 0.602. The highest BCUT2D eigenvalue weighted by Gasteiger charge is 1.99. The smallest absolute Gasteiger partial charge is 0.0491 e. The zero-order valence-corrected chi connectivity index (χ0v) is 10.2. The summed E-state index contributed by atoms with van der Waals surface area (Å²) in [5.74, 6) is 6.97. The standard InChI is InChI=1S/C15H20O/c1-3-16-13-14(2)9-7-8-12-15-10-5-4-6-11-15/h4-6,10-11,14H,3,7,9,13H2,1-2H3. The van der Waals surface area contributed by atoms with Crippen LogP contribution in [0.3, 0.4) is 0 Å². The monoisotopic (exact) mass is 216 g/mol. The molecule has 0 spiro atoms. The average Bonchev–Trinajstić information content (AvgIpc) is 2.33. The second kappa shape index (κ2) is 7.96. The summed E-state index contributed by atoms with van der Waals surface area (Å²) < 4.78 is 5.36. The quantitative estimate of drug-likeness (QED) is 0.685. The van der Waals surface area contributed by atoms with Crippen LogP contribution in [0.25, 0.3) is 0 Å². The maximum Gasteiger partial charge on any atom is 0.0491 e. The second-order valence-electron chi connectivity index (χ2n) is 3.97. The van der Waals surface area contributed by atoms with Gasteiger partial charge in [-0.3, -0.25) is 0 Å². The van der Waals surface area contributed by atoms with Gasteiger partial charge in [-0.2, -0.15) is 0 Å². The SMILES string of the molecule is CCOCC(C)CCC#Cc1ccccc1. The molecule has 0 saturated heterocycles. The summed E-state index contributed by atoms with van der Waals surface area (Å²) in [5.41, 5.74) is 1.10. The van der Waals surface area contributed by atoms with Gasteiger partial charge in [-0.15, -0.1) is 0 Å². The number of hydrogen-bond acceptors (Lipinski definition) is 1. The van der Waals surface area contributed by atoms with Crippen LogP contribution in [-0.2, 0) is 4.74 Å². The topological polar surface area (TPSA) is 9.23 Å². The molecule has 0 N–H and O–H groups in total. The number of ether oxygens (including phenoxy) is 1. The predicted molar refractivity (Wildman–Crippen MR) is 68.2 cm³/mol. The Balaban J connectivity index is 2.23. The van der Waals surface area contributed by atoms with Crippen molar-refractivity contribution < 1.29 is 4.74 Å². The molecular formula is C15H20O. The van der Waals surface area contributed by atoms with Crippen molar-refractivity contribution >= 4 is 0 Å². The van der Waals surface area contributed by atoms with Gasteiger partial charge >= 0.3 is 0 Å². The van der Waals surface area contributed by atoms with E-state index in [2.05, 4.69) is 18.8 Å². The Labute approximate surface area is 98.8 Å². The van der Waals surface area contributed by atoms with Gasteiger partial charge in [-0.05, 0) is 31.4 Å². The van der Waals surface area contributed by atoms with Gasteiger partial charge in [0.2, 0.25) is 0 Å². The van der Waals surface area contributed by atoms with E-state index in [0.29, 0.717) is 5.92 Å². The third-order valence-corrected chi connectivity index (χ3v) is 2.38. The summed E-state index contributed by atoms with van der Waals surface area (Å²) >= 11 is 0. The number of rotatable bonds is 5. The highest BCUT2D eigenvalue weighted by molar-refractivity contribution is 5.33. The van der Waals surface area contributed by atoms with Gasteiger partial charge in [0.05, 0.1) is 0 Å². The fraction of sp³-hybridized carbons (Fsp3) is 0.467. The molecule has 0 aliphatic carbocycles. The van der Waals surface area contributed by atoms with E-state index >= 15 is 0 Å². The Morgan fingerprint density at radius 3 is 2.69 bits per heavy atom. The van der Waals surface area contributed by atoms with Gasteiger partial charge in [0.25, 0.3) is 0 Å². The fourth-order valence-electron chi connectivity index (χ4n) is 1.41. The van der Waals surface area contributed by atoms with Crippen molar-refractivity contribution in [2.45, 2.75) is 26.7 Å². The summed E-state index contributed by atoms with van der Waals surface area (Å²) in [6.45, 7) is 5.89. The van der Waals surface area contributed by atoms with Crippen LogP contribution in [-0.4, -0.2) is 13.2 Å². The summed E-state index contributed by atoms with van der Waals surface area (Å²) in [4.78, 5) is 0. The van der Waals surface area contributed by atoms with Gasteiger partial charge in [0.1, 0.15) is 0 Å². The molecule has 0 bridgehead atoms. The maximum atomic E-state index is 5.36. The van der Waals surface area contributed by atoms with E-state index < -0.39 is 0 Å². The van der Waals surface area contributed by atoms with Crippen LogP contribution in [0.1, 0.15) is 32.3 Å². The summed E-state index contributed by atoms with van der Waals surface area (Å²) in [5, 5.41) is 0. The second-order valence-corrected chi connectivity index (χ2v) is 3.97. The molecule has 1 atom stereocenters. The molecule has 1 rings (SSSR count). The van der Waals surface area contributed by atoms with E-state index in [1.165, 1.54) is 0 Å². The molecule has 0 aromatic heterocycles. The third kappa shape index (κ3) is 5.58. The van der Waals surface area contributed by atoms with Gasteiger partial charge < -0.3 is 4.74 Å². The lowest BCUT2D eigenvalue weighted by atomic mass is 10.1. The van der Waals surface area contributed by atoms with Gasteiger partial charge in [-0.1, -0.05) is 37.0 Å². The molecule has 16 heavy (non-hydrogen) atoms. The number of hydrogen-bond donors (Lipinski definition) is 0. The van der Waals surface area contributed by atoms with E-state index in [9.17, 15) is 0 Å². The van der Waals surface area contributed by atoms with Crippen molar-refractivity contribution in [2.24, 2.45) is 5.92 Å². The molecular weight excluding hydrogens is 196 g/mol. The average molecular weight is 216 g/mol. The first-order valence-corrected chi connectivity index (χ1v) is 5.94. The van der Waals surface area contributed by atoms with Crippen LogP contribution < -0.4 is 0 Å². The molecule has 86 valence electrons. The van der Waals surface area contributed by atoms with E-state index in [4.69, 9.17) is 4.74 Å². The molecule has 0 saturated carbocycles. The van der Waals surface area contributed by atoms with Gasteiger partial charge in [0.15, 0.2) is 0 Å². The Kier molecular flexibility index (Phi) is 6.37. The minimum Gasteiger partial charge on any atom is -0.381 e.